The molecule has 36 heavy (non-hydrogen) atoms. The first kappa shape index (κ1) is 24.5. The van der Waals surface area contributed by atoms with Crippen molar-refractivity contribution in [3.63, 3.8) is 0 Å². The van der Waals surface area contributed by atoms with E-state index < -0.39 is 0 Å². The van der Waals surface area contributed by atoms with Gasteiger partial charge in [0.1, 0.15) is 10.7 Å². The van der Waals surface area contributed by atoms with Crippen LogP contribution in [-0.2, 0) is 6.54 Å². The molecule has 1 aliphatic carbocycles. The summed E-state index contributed by atoms with van der Waals surface area (Å²) in [5, 5.41) is 10.6. The van der Waals surface area contributed by atoms with Crippen molar-refractivity contribution in [2.75, 3.05) is 0 Å². The highest BCUT2D eigenvalue weighted by molar-refractivity contribution is 7.21. The Labute approximate surface area is 219 Å². The van der Waals surface area contributed by atoms with Gasteiger partial charge in [0, 0.05) is 28.2 Å². The fourth-order valence-electron chi connectivity index (χ4n) is 5.03. The van der Waals surface area contributed by atoms with Crippen molar-refractivity contribution in [3.8, 4) is 17.2 Å². The lowest BCUT2D eigenvalue weighted by Gasteiger charge is -2.36. The summed E-state index contributed by atoms with van der Waals surface area (Å²) in [6.45, 7) is 2.41. The molecule has 6 heteroatoms. The van der Waals surface area contributed by atoms with Crippen LogP contribution in [0, 0.1) is 23.1 Å². The van der Waals surface area contributed by atoms with Gasteiger partial charge in [0.25, 0.3) is 5.91 Å². The van der Waals surface area contributed by atoms with Crippen molar-refractivity contribution < 1.29 is 9.18 Å². The van der Waals surface area contributed by atoms with Crippen molar-refractivity contribution in [2.45, 2.75) is 45.2 Å². The molecule has 0 atom stereocenters. The zero-order chi connectivity index (χ0) is 25.2. The number of nitriles is 1. The molecule has 1 fully saturated rings. The molecule has 1 amide bonds. The Bertz CT molecular complexity index is 1470. The molecule has 3 nitrogen and oxygen atoms in total. The number of rotatable bonds is 5. The maximum Gasteiger partial charge on any atom is 0.266 e. The quantitative estimate of drug-likeness (QED) is 0.267. The number of fused-ring (bicyclic) bond motifs is 1. The zero-order valence-corrected chi connectivity index (χ0v) is 21.6. The number of carbonyl (C=O) groups excluding carboxylic acids is 1. The van der Waals surface area contributed by atoms with Gasteiger partial charge in [-0.3, -0.25) is 4.79 Å². The van der Waals surface area contributed by atoms with E-state index in [2.05, 4.69) is 13.0 Å². The number of halogens is 2. The first-order valence-electron chi connectivity index (χ1n) is 12.2. The molecule has 5 rings (SSSR count). The SMILES string of the molecule is C[C@H]1CC[C@H](N(Cc2cc(-c3cccc(C#N)c3)ccc2F)C(=O)c2sc3ccccc3c2Cl)CC1. The van der Waals surface area contributed by atoms with Crippen LogP contribution in [0.5, 0.6) is 0 Å². The molecule has 0 N–H and O–H groups in total. The van der Waals surface area contributed by atoms with E-state index in [9.17, 15) is 10.1 Å². The highest BCUT2D eigenvalue weighted by Gasteiger charge is 2.31. The van der Waals surface area contributed by atoms with Gasteiger partial charge in [0.15, 0.2) is 0 Å². The highest BCUT2D eigenvalue weighted by atomic mass is 35.5. The maximum atomic E-state index is 15.1. The molecule has 1 aromatic heterocycles. The van der Waals surface area contributed by atoms with Crippen molar-refractivity contribution in [1.29, 1.82) is 5.26 Å². The van der Waals surface area contributed by atoms with E-state index >= 15 is 4.39 Å². The minimum absolute atomic E-state index is 0.0277. The molecule has 0 bridgehead atoms. The van der Waals surface area contributed by atoms with Crippen LogP contribution in [0.1, 0.15) is 53.4 Å². The van der Waals surface area contributed by atoms with E-state index in [4.69, 9.17) is 11.6 Å². The Morgan fingerprint density at radius 3 is 2.56 bits per heavy atom. The molecular formula is C30H26ClFN2OS. The molecule has 0 radical (unpaired) electrons. The number of amides is 1. The van der Waals surface area contributed by atoms with Gasteiger partial charge in [-0.15, -0.1) is 11.3 Å². The normalized spacial score (nSPS) is 17.6. The number of thiophene rings is 1. The first-order valence-corrected chi connectivity index (χ1v) is 13.4. The van der Waals surface area contributed by atoms with E-state index in [0.717, 1.165) is 46.9 Å². The number of carbonyl (C=O) groups is 1. The van der Waals surface area contributed by atoms with Crippen molar-refractivity contribution in [1.82, 2.24) is 4.90 Å². The molecular weight excluding hydrogens is 491 g/mol. The third kappa shape index (κ3) is 4.89. The summed E-state index contributed by atoms with van der Waals surface area (Å²) in [4.78, 5) is 16.3. The third-order valence-electron chi connectivity index (χ3n) is 7.13. The van der Waals surface area contributed by atoms with Crippen LogP contribution in [0.15, 0.2) is 66.7 Å². The largest absolute Gasteiger partial charge is 0.330 e. The molecule has 4 aromatic rings. The fourth-order valence-corrected chi connectivity index (χ4v) is 6.50. The Balaban J connectivity index is 1.52. The second-order valence-electron chi connectivity index (χ2n) is 9.59. The standard InChI is InChI=1S/C30H26ClFN2OS/c1-19-9-12-24(13-10-19)34(30(35)29-28(31)25-7-2-3-8-27(25)36-29)18-23-16-22(11-14-26(23)32)21-6-4-5-20(15-21)17-33/h2-8,11,14-16,19,24H,9-10,12-13,18H2,1H3/t19-,24-. The Kier molecular flexibility index (Phi) is 7.09. The van der Waals surface area contributed by atoms with Gasteiger partial charge >= 0.3 is 0 Å². The second-order valence-corrected chi connectivity index (χ2v) is 11.0. The van der Waals surface area contributed by atoms with Gasteiger partial charge in [-0.25, -0.2) is 4.39 Å². The van der Waals surface area contributed by atoms with Crippen LogP contribution in [0.2, 0.25) is 5.02 Å². The number of benzene rings is 3. The Morgan fingerprint density at radius 1 is 1.06 bits per heavy atom. The third-order valence-corrected chi connectivity index (χ3v) is 8.79. The summed E-state index contributed by atoms with van der Waals surface area (Å²) in [7, 11) is 0. The second kappa shape index (κ2) is 10.4. The van der Waals surface area contributed by atoms with E-state index in [1.165, 1.54) is 17.4 Å². The average molecular weight is 517 g/mol. The predicted molar refractivity (Wildman–Crippen MR) is 145 cm³/mol. The van der Waals surface area contributed by atoms with Gasteiger partial charge < -0.3 is 4.90 Å². The number of hydrogen-bond acceptors (Lipinski definition) is 3. The topological polar surface area (TPSA) is 44.1 Å². The minimum atomic E-state index is -0.348. The Hall–Kier alpha value is -3.20. The molecule has 3 aromatic carbocycles. The minimum Gasteiger partial charge on any atom is -0.330 e. The molecule has 1 saturated carbocycles. The van der Waals surface area contributed by atoms with E-state index in [1.807, 2.05) is 41.3 Å². The van der Waals surface area contributed by atoms with E-state index in [0.29, 0.717) is 26.9 Å². The van der Waals surface area contributed by atoms with Gasteiger partial charge in [-0.05, 0) is 73.1 Å². The maximum absolute atomic E-state index is 15.1. The lowest BCUT2D eigenvalue weighted by Crippen LogP contribution is -2.41. The smallest absolute Gasteiger partial charge is 0.266 e. The van der Waals surface area contributed by atoms with Gasteiger partial charge in [-0.1, -0.05) is 54.9 Å². The van der Waals surface area contributed by atoms with Crippen molar-refractivity contribution in [2.24, 2.45) is 5.92 Å². The summed E-state index contributed by atoms with van der Waals surface area (Å²) in [6.07, 6.45) is 3.86. The first-order chi connectivity index (χ1) is 17.4. The average Bonchev–Trinajstić information content (AvgIpc) is 3.25. The molecule has 1 aliphatic rings. The van der Waals surface area contributed by atoms with E-state index in [-0.39, 0.29) is 24.3 Å². The predicted octanol–water partition coefficient (Wildman–Crippen LogP) is 8.45. The Morgan fingerprint density at radius 2 is 1.81 bits per heavy atom. The van der Waals surface area contributed by atoms with E-state index in [1.54, 1.807) is 24.3 Å². The zero-order valence-electron chi connectivity index (χ0n) is 20.0. The van der Waals surface area contributed by atoms with Gasteiger partial charge in [0.05, 0.1) is 16.7 Å². The van der Waals surface area contributed by atoms with Crippen LogP contribution in [0.3, 0.4) is 0 Å². The molecule has 0 aliphatic heterocycles. The fraction of sp³-hybridized carbons (Fsp3) is 0.267. The molecule has 0 saturated heterocycles. The highest BCUT2D eigenvalue weighted by Crippen LogP contribution is 2.38. The van der Waals surface area contributed by atoms with Crippen molar-refractivity contribution >= 4 is 38.9 Å². The molecule has 1 heterocycles. The number of nitrogens with zero attached hydrogens (tertiary/aromatic N) is 2. The summed E-state index contributed by atoms with van der Waals surface area (Å²) < 4.78 is 16.1. The van der Waals surface area contributed by atoms with Gasteiger partial charge in [0.2, 0.25) is 0 Å². The lowest BCUT2D eigenvalue weighted by molar-refractivity contribution is 0.0596. The molecule has 0 unspecified atom stereocenters. The summed E-state index contributed by atoms with van der Waals surface area (Å²) in [5.41, 5.74) is 2.66. The summed E-state index contributed by atoms with van der Waals surface area (Å²) >= 11 is 8.08. The van der Waals surface area contributed by atoms with Crippen LogP contribution < -0.4 is 0 Å². The summed E-state index contributed by atoms with van der Waals surface area (Å²) in [5.74, 6) is 0.134. The van der Waals surface area contributed by atoms with Crippen LogP contribution in [0.4, 0.5) is 4.39 Å². The summed E-state index contributed by atoms with van der Waals surface area (Å²) in [6, 6.07) is 22.1. The monoisotopic (exact) mass is 516 g/mol. The van der Waals surface area contributed by atoms with Crippen LogP contribution >= 0.6 is 22.9 Å². The lowest BCUT2D eigenvalue weighted by atomic mass is 9.86. The number of hydrogen-bond donors (Lipinski definition) is 0. The van der Waals surface area contributed by atoms with Crippen LogP contribution in [0.25, 0.3) is 21.2 Å². The molecule has 0 spiro atoms. The van der Waals surface area contributed by atoms with Crippen LogP contribution in [-0.4, -0.2) is 16.8 Å². The van der Waals surface area contributed by atoms with Gasteiger partial charge in [-0.2, -0.15) is 5.26 Å². The van der Waals surface area contributed by atoms with Crippen molar-refractivity contribution in [3.05, 3.63) is 93.6 Å². The molecule has 182 valence electrons.